The quantitative estimate of drug-likeness (QED) is 0.818. The molecule has 94 valence electrons. The lowest BCUT2D eigenvalue weighted by Crippen LogP contribution is -2.36. The van der Waals surface area contributed by atoms with Gasteiger partial charge in [-0.25, -0.2) is 0 Å². The lowest BCUT2D eigenvalue weighted by atomic mass is 9.76. The van der Waals surface area contributed by atoms with Gasteiger partial charge in [-0.2, -0.15) is 0 Å². The zero-order chi connectivity index (χ0) is 12.1. The highest BCUT2D eigenvalue weighted by Crippen LogP contribution is 2.35. The first-order chi connectivity index (χ1) is 8.22. The molecule has 1 aromatic rings. The molecule has 1 N–H and O–H groups in total. The van der Waals surface area contributed by atoms with Gasteiger partial charge in [-0.1, -0.05) is 19.1 Å². The van der Waals surface area contributed by atoms with Crippen molar-refractivity contribution in [2.45, 2.75) is 51.0 Å². The molecular formula is C15H22O2. The Balaban J connectivity index is 1.87. The number of hydrogen-bond donors (Lipinski definition) is 1. The van der Waals surface area contributed by atoms with Crippen molar-refractivity contribution in [3.05, 3.63) is 29.8 Å². The molecule has 1 aliphatic rings. The first-order valence-electron chi connectivity index (χ1n) is 6.66. The van der Waals surface area contributed by atoms with Gasteiger partial charge in [-0.15, -0.1) is 0 Å². The summed E-state index contributed by atoms with van der Waals surface area (Å²) >= 11 is 0. The van der Waals surface area contributed by atoms with Crippen LogP contribution in [-0.4, -0.2) is 17.3 Å². The molecular weight excluding hydrogens is 212 g/mol. The van der Waals surface area contributed by atoms with E-state index in [4.69, 9.17) is 4.74 Å². The summed E-state index contributed by atoms with van der Waals surface area (Å²) in [5.74, 6) is 0.949. The van der Waals surface area contributed by atoms with E-state index in [-0.39, 0.29) is 5.60 Å². The van der Waals surface area contributed by atoms with E-state index >= 15 is 0 Å². The Kier molecular flexibility index (Phi) is 4.06. The number of aliphatic hydroxyl groups is 1. The maximum Gasteiger partial charge on any atom is 0.119 e. The van der Waals surface area contributed by atoms with Crippen LogP contribution in [0.15, 0.2) is 24.3 Å². The van der Waals surface area contributed by atoms with Gasteiger partial charge in [0, 0.05) is 0 Å². The van der Waals surface area contributed by atoms with E-state index in [2.05, 4.69) is 19.1 Å². The Bertz CT molecular complexity index is 356. The van der Waals surface area contributed by atoms with Gasteiger partial charge in [0.1, 0.15) is 5.75 Å². The number of rotatable bonds is 6. The molecule has 0 saturated heterocycles. The van der Waals surface area contributed by atoms with Gasteiger partial charge in [0.05, 0.1) is 12.2 Å². The molecule has 2 heteroatoms. The van der Waals surface area contributed by atoms with Crippen LogP contribution in [0.1, 0.15) is 44.6 Å². The molecule has 2 nitrogen and oxygen atoms in total. The maximum atomic E-state index is 10.1. The molecule has 0 aliphatic heterocycles. The lowest BCUT2D eigenvalue weighted by Gasteiger charge is -2.36. The summed E-state index contributed by atoms with van der Waals surface area (Å²) in [4.78, 5) is 0. The molecule has 1 saturated carbocycles. The average molecular weight is 234 g/mol. The molecule has 1 fully saturated rings. The molecule has 0 bridgehead atoms. The second-order valence-corrected chi connectivity index (χ2v) is 5.07. The highest BCUT2D eigenvalue weighted by atomic mass is 16.5. The molecule has 0 radical (unpaired) electrons. The summed E-state index contributed by atoms with van der Waals surface area (Å²) in [6, 6.07) is 8.24. The van der Waals surface area contributed by atoms with E-state index in [1.165, 1.54) is 12.0 Å². The predicted molar refractivity (Wildman–Crippen MR) is 69.3 cm³/mol. The van der Waals surface area contributed by atoms with Crippen molar-refractivity contribution in [3.63, 3.8) is 0 Å². The molecule has 0 atom stereocenters. The second-order valence-electron chi connectivity index (χ2n) is 5.07. The Morgan fingerprint density at radius 1 is 1.35 bits per heavy atom. The minimum Gasteiger partial charge on any atom is -0.494 e. The van der Waals surface area contributed by atoms with Crippen LogP contribution >= 0.6 is 0 Å². The summed E-state index contributed by atoms with van der Waals surface area (Å²) in [5.41, 5.74) is 0.888. The van der Waals surface area contributed by atoms with Crippen LogP contribution in [0.2, 0.25) is 0 Å². The Labute approximate surface area is 104 Å². The zero-order valence-corrected chi connectivity index (χ0v) is 10.6. The van der Waals surface area contributed by atoms with Crippen LogP contribution in [-0.2, 0) is 6.42 Å². The van der Waals surface area contributed by atoms with Crippen molar-refractivity contribution in [1.82, 2.24) is 0 Å². The van der Waals surface area contributed by atoms with Gasteiger partial charge in [-0.3, -0.25) is 0 Å². The molecule has 17 heavy (non-hydrogen) atoms. The van der Waals surface area contributed by atoms with Crippen molar-refractivity contribution in [3.8, 4) is 5.75 Å². The van der Waals surface area contributed by atoms with E-state index in [9.17, 15) is 5.11 Å². The number of benzene rings is 1. The second kappa shape index (κ2) is 5.54. The molecule has 0 unspecified atom stereocenters. The smallest absolute Gasteiger partial charge is 0.119 e. The average Bonchev–Trinajstić information content (AvgIpc) is 2.32. The number of aryl methyl sites for hydroxylation is 1. The van der Waals surface area contributed by atoms with Gasteiger partial charge in [-0.05, 0) is 56.2 Å². The van der Waals surface area contributed by atoms with Gasteiger partial charge in [0.15, 0.2) is 0 Å². The Morgan fingerprint density at radius 2 is 2.18 bits per heavy atom. The predicted octanol–water partition coefficient (Wildman–Crippen LogP) is 3.32. The van der Waals surface area contributed by atoms with Crippen LogP contribution in [0.25, 0.3) is 0 Å². The lowest BCUT2D eigenvalue weighted by molar-refractivity contribution is -0.0397. The van der Waals surface area contributed by atoms with Crippen LogP contribution in [0.5, 0.6) is 5.75 Å². The fourth-order valence-electron chi connectivity index (χ4n) is 2.22. The van der Waals surface area contributed by atoms with E-state index in [0.29, 0.717) is 0 Å². The van der Waals surface area contributed by atoms with E-state index in [1.807, 2.05) is 12.1 Å². The molecule has 1 aliphatic carbocycles. The van der Waals surface area contributed by atoms with Crippen molar-refractivity contribution < 1.29 is 9.84 Å². The van der Waals surface area contributed by atoms with Crippen molar-refractivity contribution in [1.29, 1.82) is 0 Å². The molecule has 2 rings (SSSR count). The third-order valence-electron chi connectivity index (χ3n) is 3.53. The fraction of sp³-hybridized carbons (Fsp3) is 0.600. The molecule has 1 aromatic carbocycles. The van der Waals surface area contributed by atoms with Gasteiger partial charge >= 0.3 is 0 Å². The van der Waals surface area contributed by atoms with Crippen LogP contribution < -0.4 is 4.74 Å². The van der Waals surface area contributed by atoms with Gasteiger partial charge in [0.25, 0.3) is 0 Å². The summed E-state index contributed by atoms with van der Waals surface area (Å²) in [6.07, 6.45) is 5.97. The number of hydrogen-bond acceptors (Lipinski definition) is 2. The van der Waals surface area contributed by atoms with E-state index < -0.39 is 0 Å². The first-order valence-corrected chi connectivity index (χ1v) is 6.66. The monoisotopic (exact) mass is 234 g/mol. The Hall–Kier alpha value is -1.02. The fourth-order valence-corrected chi connectivity index (χ4v) is 2.22. The minimum absolute atomic E-state index is 0.375. The van der Waals surface area contributed by atoms with Crippen LogP contribution in [0.4, 0.5) is 0 Å². The molecule has 0 heterocycles. The topological polar surface area (TPSA) is 29.5 Å². The van der Waals surface area contributed by atoms with Crippen LogP contribution in [0.3, 0.4) is 0 Å². The van der Waals surface area contributed by atoms with Gasteiger partial charge in [0.2, 0.25) is 0 Å². The van der Waals surface area contributed by atoms with Crippen molar-refractivity contribution in [2.24, 2.45) is 0 Å². The molecule has 0 aromatic heterocycles. The maximum absolute atomic E-state index is 10.1. The van der Waals surface area contributed by atoms with Crippen LogP contribution in [0, 0.1) is 0 Å². The molecule has 0 spiro atoms. The largest absolute Gasteiger partial charge is 0.494 e. The van der Waals surface area contributed by atoms with Gasteiger partial charge < -0.3 is 9.84 Å². The summed E-state index contributed by atoms with van der Waals surface area (Å²) in [6.45, 7) is 2.88. The van der Waals surface area contributed by atoms with Crippen molar-refractivity contribution >= 4 is 0 Å². The highest BCUT2D eigenvalue weighted by Gasteiger charge is 2.33. The molecule has 0 amide bonds. The SMILES string of the molecule is CCCOc1cccc(CCC2(O)CCC2)c1. The van der Waals surface area contributed by atoms with E-state index in [0.717, 1.165) is 44.5 Å². The highest BCUT2D eigenvalue weighted by molar-refractivity contribution is 5.28. The van der Waals surface area contributed by atoms with E-state index in [1.54, 1.807) is 0 Å². The summed E-state index contributed by atoms with van der Waals surface area (Å²) in [5, 5.41) is 10.1. The third-order valence-corrected chi connectivity index (χ3v) is 3.53. The van der Waals surface area contributed by atoms with Crippen molar-refractivity contribution in [2.75, 3.05) is 6.61 Å². The first kappa shape index (κ1) is 12.4. The Morgan fingerprint density at radius 3 is 2.82 bits per heavy atom. The summed E-state index contributed by atoms with van der Waals surface area (Å²) in [7, 11) is 0. The summed E-state index contributed by atoms with van der Waals surface area (Å²) < 4.78 is 5.61. The normalized spacial score (nSPS) is 17.5. The zero-order valence-electron chi connectivity index (χ0n) is 10.6. The standard InChI is InChI=1S/C15H22O2/c1-2-11-17-14-6-3-5-13(12-14)7-10-15(16)8-4-9-15/h3,5-6,12,16H,2,4,7-11H2,1H3. The third kappa shape index (κ3) is 3.47. The minimum atomic E-state index is -0.375. The number of ether oxygens (including phenoxy) is 1.